The fourth-order valence-electron chi connectivity index (χ4n) is 1.47. The van der Waals surface area contributed by atoms with Gasteiger partial charge in [-0.05, 0) is 34.1 Å². The minimum atomic E-state index is -0.414. The van der Waals surface area contributed by atoms with Gasteiger partial charge in [0.25, 0.3) is 0 Å². The minimum Gasteiger partial charge on any atom is -0.443 e. The SMILES string of the molecule is O=C1O[C@@H](CI)CN1c1ccc(Br)c(F)c1. The standard InChI is InChI=1S/C10H8BrFINO2/c11-8-2-1-6(3-9(8)12)14-5-7(4-13)16-10(14)15/h1-3,7H,4-5H2/t7-/m0/s1. The Hall–Kier alpha value is -0.370. The lowest BCUT2D eigenvalue weighted by Crippen LogP contribution is -2.24. The molecule has 2 rings (SSSR count). The van der Waals surface area contributed by atoms with Gasteiger partial charge in [-0.1, -0.05) is 22.6 Å². The van der Waals surface area contributed by atoms with Crippen molar-refractivity contribution in [1.29, 1.82) is 0 Å². The van der Waals surface area contributed by atoms with Crippen LogP contribution in [-0.2, 0) is 4.74 Å². The van der Waals surface area contributed by atoms with E-state index >= 15 is 0 Å². The smallest absolute Gasteiger partial charge is 0.414 e. The van der Waals surface area contributed by atoms with Crippen molar-refractivity contribution in [2.45, 2.75) is 6.10 Å². The van der Waals surface area contributed by atoms with E-state index in [2.05, 4.69) is 38.5 Å². The Morgan fingerprint density at radius 1 is 1.62 bits per heavy atom. The van der Waals surface area contributed by atoms with Crippen molar-refractivity contribution < 1.29 is 13.9 Å². The average molecular weight is 400 g/mol. The molecule has 6 heteroatoms. The monoisotopic (exact) mass is 399 g/mol. The van der Waals surface area contributed by atoms with Gasteiger partial charge in [-0.15, -0.1) is 0 Å². The molecule has 1 saturated heterocycles. The third-order valence-corrected chi connectivity index (χ3v) is 3.89. The Labute approximate surface area is 114 Å². The number of cyclic esters (lactones) is 1. The summed E-state index contributed by atoms with van der Waals surface area (Å²) in [4.78, 5) is 12.9. The van der Waals surface area contributed by atoms with E-state index < -0.39 is 6.09 Å². The predicted molar refractivity (Wildman–Crippen MR) is 70.6 cm³/mol. The second-order valence-corrected chi connectivity index (χ2v) is 5.10. The first-order chi connectivity index (χ1) is 7.61. The van der Waals surface area contributed by atoms with Crippen LogP contribution in [0.2, 0.25) is 0 Å². The van der Waals surface area contributed by atoms with Crippen LogP contribution in [0, 0.1) is 5.82 Å². The van der Waals surface area contributed by atoms with Gasteiger partial charge in [-0.3, -0.25) is 4.90 Å². The third kappa shape index (κ3) is 2.32. The Bertz CT molecular complexity index is 429. The highest BCUT2D eigenvalue weighted by atomic mass is 127. The van der Waals surface area contributed by atoms with Crippen molar-refractivity contribution in [3.8, 4) is 0 Å². The number of ether oxygens (including phenoxy) is 1. The highest BCUT2D eigenvalue weighted by Crippen LogP contribution is 2.26. The minimum absolute atomic E-state index is 0.111. The molecule has 0 aromatic heterocycles. The zero-order chi connectivity index (χ0) is 11.7. The number of carbonyl (C=O) groups excluding carboxylic acids is 1. The molecule has 0 unspecified atom stereocenters. The summed E-state index contributed by atoms with van der Waals surface area (Å²) in [5.41, 5.74) is 0.526. The zero-order valence-electron chi connectivity index (χ0n) is 8.12. The number of anilines is 1. The molecule has 0 spiro atoms. The lowest BCUT2D eigenvalue weighted by atomic mass is 10.3. The maximum atomic E-state index is 13.3. The Balaban J connectivity index is 2.24. The van der Waals surface area contributed by atoms with Crippen LogP contribution in [0.3, 0.4) is 0 Å². The van der Waals surface area contributed by atoms with Crippen molar-refractivity contribution >= 4 is 50.3 Å². The molecular formula is C10H8BrFINO2. The normalized spacial score (nSPS) is 20.1. The number of hydrogen-bond acceptors (Lipinski definition) is 2. The number of rotatable bonds is 2. The van der Waals surface area contributed by atoms with Crippen molar-refractivity contribution in [3.05, 3.63) is 28.5 Å². The quantitative estimate of drug-likeness (QED) is 0.563. The van der Waals surface area contributed by atoms with E-state index in [0.29, 0.717) is 16.7 Å². The number of carbonyl (C=O) groups is 1. The van der Waals surface area contributed by atoms with Gasteiger partial charge in [0.15, 0.2) is 0 Å². The molecule has 1 heterocycles. The molecule has 1 fully saturated rings. The van der Waals surface area contributed by atoms with E-state index in [0.717, 1.165) is 4.43 Å². The summed E-state index contributed by atoms with van der Waals surface area (Å²) in [5.74, 6) is -0.386. The Morgan fingerprint density at radius 3 is 2.94 bits per heavy atom. The molecule has 0 N–H and O–H groups in total. The van der Waals surface area contributed by atoms with Crippen LogP contribution in [0.5, 0.6) is 0 Å². The van der Waals surface area contributed by atoms with Crippen LogP contribution in [0.4, 0.5) is 14.9 Å². The highest BCUT2D eigenvalue weighted by molar-refractivity contribution is 14.1. The maximum absolute atomic E-state index is 13.3. The fourth-order valence-corrected chi connectivity index (χ4v) is 2.17. The average Bonchev–Trinajstić information content (AvgIpc) is 2.64. The van der Waals surface area contributed by atoms with Crippen molar-refractivity contribution in [1.82, 2.24) is 0 Å². The van der Waals surface area contributed by atoms with E-state index in [9.17, 15) is 9.18 Å². The van der Waals surface area contributed by atoms with Gasteiger partial charge in [0.1, 0.15) is 11.9 Å². The first-order valence-electron chi connectivity index (χ1n) is 4.61. The first kappa shape index (κ1) is 12.1. The topological polar surface area (TPSA) is 29.5 Å². The van der Waals surface area contributed by atoms with Gasteiger partial charge in [0.2, 0.25) is 0 Å². The lowest BCUT2D eigenvalue weighted by molar-refractivity contribution is 0.153. The molecular weight excluding hydrogens is 392 g/mol. The molecule has 1 aromatic carbocycles. The van der Waals surface area contributed by atoms with E-state index in [1.807, 2.05) is 0 Å². The summed E-state index contributed by atoms with van der Waals surface area (Å²) in [7, 11) is 0. The second kappa shape index (κ2) is 4.87. The van der Waals surface area contributed by atoms with E-state index in [1.54, 1.807) is 12.1 Å². The van der Waals surface area contributed by atoms with Crippen LogP contribution in [0.15, 0.2) is 22.7 Å². The second-order valence-electron chi connectivity index (χ2n) is 3.37. The Morgan fingerprint density at radius 2 is 2.38 bits per heavy atom. The predicted octanol–water partition coefficient (Wildman–Crippen LogP) is 3.35. The fraction of sp³-hybridized carbons (Fsp3) is 0.300. The summed E-state index contributed by atoms with van der Waals surface area (Å²) < 4.78 is 19.5. The van der Waals surface area contributed by atoms with Crippen molar-refractivity contribution in [3.63, 3.8) is 0 Å². The van der Waals surface area contributed by atoms with Crippen molar-refractivity contribution in [2.75, 3.05) is 15.9 Å². The van der Waals surface area contributed by atoms with Crippen LogP contribution < -0.4 is 4.90 Å². The van der Waals surface area contributed by atoms with Crippen LogP contribution >= 0.6 is 38.5 Å². The number of nitrogens with zero attached hydrogens (tertiary/aromatic N) is 1. The third-order valence-electron chi connectivity index (χ3n) is 2.26. The van der Waals surface area contributed by atoms with E-state index in [1.165, 1.54) is 11.0 Å². The molecule has 1 aromatic rings. The first-order valence-corrected chi connectivity index (χ1v) is 6.93. The summed E-state index contributed by atoms with van der Waals surface area (Å²) >= 11 is 5.22. The van der Waals surface area contributed by atoms with Gasteiger partial charge in [-0.25, -0.2) is 9.18 Å². The number of halogens is 3. The molecule has 0 bridgehead atoms. The largest absolute Gasteiger partial charge is 0.443 e. The number of benzene rings is 1. The summed E-state index contributed by atoms with van der Waals surface area (Å²) in [6.07, 6.45) is -0.525. The number of hydrogen-bond donors (Lipinski definition) is 0. The lowest BCUT2D eigenvalue weighted by Gasteiger charge is -2.12. The number of amides is 1. The number of alkyl halides is 1. The van der Waals surface area contributed by atoms with E-state index in [-0.39, 0.29) is 11.9 Å². The maximum Gasteiger partial charge on any atom is 0.414 e. The highest BCUT2D eigenvalue weighted by Gasteiger charge is 2.31. The van der Waals surface area contributed by atoms with Gasteiger partial charge in [-0.2, -0.15) is 0 Å². The molecule has 86 valence electrons. The molecule has 0 saturated carbocycles. The van der Waals surface area contributed by atoms with Crippen LogP contribution in [0.25, 0.3) is 0 Å². The molecule has 3 nitrogen and oxygen atoms in total. The Kier molecular flexibility index (Phi) is 3.68. The summed E-state index contributed by atoms with van der Waals surface area (Å²) in [6.45, 7) is 0.475. The van der Waals surface area contributed by atoms with Crippen LogP contribution in [-0.4, -0.2) is 23.2 Å². The summed E-state index contributed by atoms with van der Waals surface area (Å²) in [6, 6.07) is 4.58. The molecule has 0 radical (unpaired) electrons. The zero-order valence-corrected chi connectivity index (χ0v) is 11.9. The van der Waals surface area contributed by atoms with Gasteiger partial charge >= 0.3 is 6.09 Å². The summed E-state index contributed by atoms with van der Waals surface area (Å²) in [5, 5.41) is 0. The molecule has 1 atom stereocenters. The molecule has 1 amide bonds. The molecule has 1 aliphatic heterocycles. The molecule has 16 heavy (non-hydrogen) atoms. The van der Waals surface area contributed by atoms with Crippen LogP contribution in [0.1, 0.15) is 0 Å². The van der Waals surface area contributed by atoms with Gasteiger partial charge in [0, 0.05) is 4.43 Å². The van der Waals surface area contributed by atoms with E-state index in [4.69, 9.17) is 4.74 Å². The van der Waals surface area contributed by atoms with Gasteiger partial charge in [0.05, 0.1) is 16.7 Å². The van der Waals surface area contributed by atoms with Crippen molar-refractivity contribution in [2.24, 2.45) is 0 Å². The van der Waals surface area contributed by atoms with Gasteiger partial charge < -0.3 is 4.74 Å². The molecule has 1 aliphatic rings. The molecule has 0 aliphatic carbocycles.